The normalized spacial score (nSPS) is 10.5. The molecule has 5 nitrogen and oxygen atoms in total. The molecule has 5 heteroatoms. The molecule has 0 atom stereocenters. The van der Waals surface area contributed by atoms with E-state index in [0.29, 0.717) is 13.0 Å². The fraction of sp³-hybridized carbons (Fsp3) is 0.158. The Morgan fingerprint density at radius 1 is 1.12 bits per heavy atom. The molecular weight excluding hydrogens is 300 g/mol. The number of amides is 2. The van der Waals surface area contributed by atoms with Gasteiger partial charge in [0.2, 0.25) is 0 Å². The SMILES string of the molecule is CNc1cccc2ccc(-c3cccc(CCNC(N)=O)n3)cc12. The summed E-state index contributed by atoms with van der Waals surface area (Å²) in [5.74, 6) is 0. The van der Waals surface area contributed by atoms with Gasteiger partial charge in [0, 0.05) is 42.3 Å². The number of aromatic nitrogens is 1. The number of rotatable bonds is 5. The van der Waals surface area contributed by atoms with Gasteiger partial charge in [0.15, 0.2) is 0 Å². The summed E-state index contributed by atoms with van der Waals surface area (Å²) >= 11 is 0. The van der Waals surface area contributed by atoms with Crippen molar-refractivity contribution in [3.05, 3.63) is 60.3 Å². The zero-order valence-electron chi connectivity index (χ0n) is 13.5. The lowest BCUT2D eigenvalue weighted by atomic mass is 10.0. The maximum absolute atomic E-state index is 10.7. The van der Waals surface area contributed by atoms with Crippen LogP contribution < -0.4 is 16.4 Å². The highest BCUT2D eigenvalue weighted by Crippen LogP contribution is 2.28. The first kappa shape index (κ1) is 15.8. The van der Waals surface area contributed by atoms with Crippen LogP contribution in [-0.4, -0.2) is 24.6 Å². The minimum Gasteiger partial charge on any atom is -0.388 e. The number of urea groups is 1. The molecule has 0 bridgehead atoms. The fourth-order valence-corrected chi connectivity index (χ4v) is 2.74. The molecule has 0 saturated carbocycles. The largest absolute Gasteiger partial charge is 0.388 e. The van der Waals surface area contributed by atoms with E-state index in [1.54, 1.807) is 0 Å². The Kier molecular flexibility index (Phi) is 4.61. The Hall–Kier alpha value is -3.08. The van der Waals surface area contributed by atoms with E-state index in [0.717, 1.165) is 22.6 Å². The summed E-state index contributed by atoms with van der Waals surface area (Å²) in [7, 11) is 1.92. The number of fused-ring (bicyclic) bond motifs is 1. The van der Waals surface area contributed by atoms with Crippen LogP contribution in [0.2, 0.25) is 0 Å². The number of hydrogen-bond acceptors (Lipinski definition) is 3. The third-order valence-corrected chi connectivity index (χ3v) is 3.93. The van der Waals surface area contributed by atoms with Crippen molar-refractivity contribution in [1.29, 1.82) is 0 Å². The molecule has 3 rings (SSSR count). The second-order valence-corrected chi connectivity index (χ2v) is 5.55. The van der Waals surface area contributed by atoms with Crippen LogP contribution >= 0.6 is 0 Å². The Morgan fingerprint density at radius 3 is 2.75 bits per heavy atom. The van der Waals surface area contributed by atoms with E-state index < -0.39 is 6.03 Å². The maximum Gasteiger partial charge on any atom is 0.312 e. The number of pyridine rings is 1. The van der Waals surface area contributed by atoms with Crippen molar-refractivity contribution in [2.24, 2.45) is 5.73 Å². The minimum absolute atomic E-state index is 0.480. The molecule has 0 radical (unpaired) electrons. The zero-order chi connectivity index (χ0) is 16.9. The molecule has 1 aromatic heterocycles. The summed E-state index contributed by atoms with van der Waals surface area (Å²) in [5.41, 5.74) is 9.08. The summed E-state index contributed by atoms with van der Waals surface area (Å²) in [5, 5.41) is 8.16. The summed E-state index contributed by atoms with van der Waals surface area (Å²) in [6, 6.07) is 17.9. The molecule has 3 aromatic rings. The average molecular weight is 320 g/mol. The van der Waals surface area contributed by atoms with Gasteiger partial charge in [-0.3, -0.25) is 4.98 Å². The Labute approximate surface area is 140 Å². The highest BCUT2D eigenvalue weighted by molar-refractivity contribution is 5.96. The number of anilines is 1. The van der Waals surface area contributed by atoms with Crippen molar-refractivity contribution < 1.29 is 4.79 Å². The second kappa shape index (κ2) is 7.00. The van der Waals surface area contributed by atoms with E-state index in [1.807, 2.05) is 31.3 Å². The predicted octanol–water partition coefficient (Wildman–Crippen LogP) is 3.15. The first-order chi connectivity index (χ1) is 11.7. The number of nitrogens with zero attached hydrogens (tertiary/aromatic N) is 1. The molecule has 0 aliphatic rings. The monoisotopic (exact) mass is 320 g/mol. The molecule has 0 aliphatic heterocycles. The van der Waals surface area contributed by atoms with Gasteiger partial charge in [-0.2, -0.15) is 0 Å². The van der Waals surface area contributed by atoms with Gasteiger partial charge in [-0.25, -0.2) is 4.79 Å². The van der Waals surface area contributed by atoms with Gasteiger partial charge in [-0.1, -0.05) is 30.3 Å². The van der Waals surface area contributed by atoms with Crippen molar-refractivity contribution in [3.8, 4) is 11.3 Å². The summed E-state index contributed by atoms with van der Waals surface area (Å²) in [6.07, 6.45) is 0.645. The molecule has 0 saturated heterocycles. The molecule has 0 fully saturated rings. The van der Waals surface area contributed by atoms with Crippen LogP contribution in [0.1, 0.15) is 5.69 Å². The molecular formula is C19H20N4O. The van der Waals surface area contributed by atoms with Crippen LogP contribution in [0, 0.1) is 0 Å². The smallest absolute Gasteiger partial charge is 0.312 e. The molecule has 0 unspecified atom stereocenters. The lowest BCUT2D eigenvalue weighted by Gasteiger charge is -2.09. The number of carbonyl (C=O) groups is 1. The van der Waals surface area contributed by atoms with Crippen molar-refractivity contribution >= 4 is 22.5 Å². The molecule has 24 heavy (non-hydrogen) atoms. The fourth-order valence-electron chi connectivity index (χ4n) is 2.74. The highest BCUT2D eigenvalue weighted by Gasteiger charge is 2.05. The van der Waals surface area contributed by atoms with E-state index in [9.17, 15) is 4.79 Å². The molecule has 2 aromatic carbocycles. The molecule has 2 amide bonds. The molecule has 1 heterocycles. The van der Waals surface area contributed by atoms with Gasteiger partial charge in [0.05, 0.1) is 5.69 Å². The number of nitrogens with one attached hydrogen (secondary N) is 2. The number of benzene rings is 2. The van der Waals surface area contributed by atoms with Crippen LogP contribution in [-0.2, 0) is 6.42 Å². The number of primary amides is 1. The Bertz CT molecular complexity index is 876. The van der Waals surface area contributed by atoms with Gasteiger partial charge in [0.1, 0.15) is 0 Å². The topological polar surface area (TPSA) is 80.0 Å². The molecule has 4 N–H and O–H groups in total. The number of hydrogen-bond donors (Lipinski definition) is 3. The second-order valence-electron chi connectivity index (χ2n) is 5.55. The summed E-state index contributed by atoms with van der Waals surface area (Å²) < 4.78 is 0. The van der Waals surface area contributed by atoms with Gasteiger partial charge in [-0.05, 0) is 29.7 Å². The van der Waals surface area contributed by atoms with Gasteiger partial charge < -0.3 is 16.4 Å². The van der Waals surface area contributed by atoms with E-state index in [4.69, 9.17) is 5.73 Å². The standard InChI is InChI=1S/C19H20N4O/c1-21-18-7-2-4-13-8-9-14(12-16(13)18)17-6-3-5-15(23-17)10-11-22-19(20)24/h2-9,12,21H,10-11H2,1H3,(H3,20,22,24). The first-order valence-corrected chi connectivity index (χ1v) is 7.87. The third-order valence-electron chi connectivity index (χ3n) is 3.93. The quantitative estimate of drug-likeness (QED) is 0.675. The van der Waals surface area contributed by atoms with Crippen molar-refractivity contribution in [2.45, 2.75) is 6.42 Å². The third kappa shape index (κ3) is 3.46. The molecule has 122 valence electrons. The average Bonchev–Trinajstić information content (AvgIpc) is 2.60. The van der Waals surface area contributed by atoms with Crippen molar-refractivity contribution in [3.63, 3.8) is 0 Å². The van der Waals surface area contributed by atoms with Gasteiger partial charge in [0.25, 0.3) is 0 Å². The maximum atomic E-state index is 10.7. The summed E-state index contributed by atoms with van der Waals surface area (Å²) in [4.78, 5) is 15.4. The van der Waals surface area contributed by atoms with Crippen LogP contribution in [0.5, 0.6) is 0 Å². The van der Waals surface area contributed by atoms with Crippen LogP contribution in [0.25, 0.3) is 22.0 Å². The number of nitrogens with two attached hydrogens (primary N) is 1. The highest BCUT2D eigenvalue weighted by atomic mass is 16.2. The molecule has 0 aliphatic carbocycles. The van der Waals surface area contributed by atoms with Crippen LogP contribution in [0.3, 0.4) is 0 Å². The van der Waals surface area contributed by atoms with E-state index >= 15 is 0 Å². The molecule has 0 spiro atoms. The Morgan fingerprint density at radius 2 is 1.96 bits per heavy atom. The Balaban J connectivity index is 1.91. The lowest BCUT2D eigenvalue weighted by molar-refractivity contribution is 0.249. The zero-order valence-corrected chi connectivity index (χ0v) is 13.5. The van der Waals surface area contributed by atoms with Crippen LogP contribution in [0.15, 0.2) is 54.6 Å². The number of carbonyl (C=O) groups excluding carboxylic acids is 1. The van der Waals surface area contributed by atoms with Gasteiger partial charge >= 0.3 is 6.03 Å². The lowest BCUT2D eigenvalue weighted by Crippen LogP contribution is -2.31. The van der Waals surface area contributed by atoms with E-state index in [2.05, 4.69) is 45.9 Å². The van der Waals surface area contributed by atoms with E-state index in [1.165, 1.54) is 10.8 Å². The minimum atomic E-state index is -0.514. The predicted molar refractivity (Wildman–Crippen MR) is 98.0 cm³/mol. The first-order valence-electron chi connectivity index (χ1n) is 7.87. The van der Waals surface area contributed by atoms with Crippen LogP contribution in [0.4, 0.5) is 10.5 Å². The summed E-state index contributed by atoms with van der Waals surface area (Å²) in [6.45, 7) is 0.480. The van der Waals surface area contributed by atoms with Crippen molar-refractivity contribution in [1.82, 2.24) is 10.3 Å². The van der Waals surface area contributed by atoms with Gasteiger partial charge in [-0.15, -0.1) is 0 Å². The van der Waals surface area contributed by atoms with E-state index in [-0.39, 0.29) is 0 Å². The van der Waals surface area contributed by atoms with Crippen molar-refractivity contribution in [2.75, 3.05) is 18.9 Å².